The van der Waals surface area contributed by atoms with Crippen molar-refractivity contribution >= 4 is 49.8 Å². The van der Waals surface area contributed by atoms with Gasteiger partial charge in [0.2, 0.25) is 0 Å². The Morgan fingerprint density at radius 2 is 1.82 bits per heavy atom. The molecule has 2 heterocycles. The number of benzene rings is 2. The van der Waals surface area contributed by atoms with Gasteiger partial charge in [-0.1, -0.05) is 39.0 Å². The predicted octanol–water partition coefficient (Wildman–Crippen LogP) is 7.63. The molecule has 1 aliphatic heterocycles. The molecular formula is C27H40N4S2. The van der Waals surface area contributed by atoms with Crippen molar-refractivity contribution in [2.75, 3.05) is 22.9 Å². The first-order valence-electron chi connectivity index (χ1n) is 12.1. The fourth-order valence-corrected chi connectivity index (χ4v) is 5.99. The number of hydrogen-bond acceptors (Lipinski definition) is 6. The third-order valence-corrected chi connectivity index (χ3v) is 8.41. The van der Waals surface area contributed by atoms with Gasteiger partial charge in [0.25, 0.3) is 0 Å². The Kier molecular flexibility index (Phi) is 8.22. The molecule has 5 rings (SSSR count). The highest BCUT2D eigenvalue weighted by molar-refractivity contribution is 8.00. The number of nitrogens with zero attached hydrogens (tertiary/aromatic N) is 2. The van der Waals surface area contributed by atoms with Crippen molar-refractivity contribution in [3.8, 4) is 0 Å². The minimum Gasteiger partial charge on any atom is -0.399 e. The second-order valence-corrected chi connectivity index (χ2v) is 12.1. The molecule has 33 heavy (non-hydrogen) atoms. The van der Waals surface area contributed by atoms with Crippen molar-refractivity contribution in [3.05, 3.63) is 41.5 Å². The maximum atomic E-state index is 6.07. The lowest BCUT2D eigenvalue weighted by atomic mass is 9.76. The minimum atomic E-state index is 0.239. The summed E-state index contributed by atoms with van der Waals surface area (Å²) in [4.78, 5) is 8.08. The first-order valence-corrected chi connectivity index (χ1v) is 13.8. The van der Waals surface area contributed by atoms with Crippen LogP contribution in [-0.2, 0) is 5.41 Å². The lowest BCUT2D eigenvalue weighted by Gasteiger charge is -2.42. The van der Waals surface area contributed by atoms with Crippen molar-refractivity contribution in [3.63, 3.8) is 0 Å². The minimum absolute atomic E-state index is 0.239. The Morgan fingerprint density at radius 1 is 1.12 bits per heavy atom. The molecule has 1 saturated carbocycles. The standard InChI is InChI=1S/C15H24N2.C10H10N2S2.C2H6/c1-10(2)17-7-6-15(4,5)12-9-13(16)11(3)8-14(12)17;11-10-12-8-4-3-7(5-9(8)14-10)13-6-1-2-6;1-2/h8-10H,6-7,16H2,1-5H3;3-6H,1-2H2,(H2,11,12);1-2H3. The normalized spacial score (nSPS) is 16.5. The molecule has 0 atom stereocenters. The molecule has 0 saturated heterocycles. The Labute approximate surface area is 208 Å². The van der Waals surface area contributed by atoms with E-state index in [9.17, 15) is 0 Å². The predicted molar refractivity (Wildman–Crippen MR) is 150 cm³/mol. The summed E-state index contributed by atoms with van der Waals surface area (Å²) in [5.74, 6) is 0. The lowest BCUT2D eigenvalue weighted by molar-refractivity contribution is 0.442. The van der Waals surface area contributed by atoms with Crippen LogP contribution in [0.4, 0.5) is 16.5 Å². The van der Waals surface area contributed by atoms with Gasteiger partial charge in [-0.2, -0.15) is 0 Å². The SMILES string of the molecule is CC.Cc1cc2c(cc1N)C(C)(C)CCN2C(C)C.Nc1nc2ccc(SC3CC3)cc2s1. The number of aryl methyl sites for hydroxylation is 1. The van der Waals surface area contributed by atoms with E-state index in [4.69, 9.17) is 11.5 Å². The number of nitrogens with two attached hydrogens (primary N) is 2. The average molecular weight is 485 g/mol. The summed E-state index contributed by atoms with van der Waals surface area (Å²) in [6.07, 6.45) is 3.93. The summed E-state index contributed by atoms with van der Waals surface area (Å²) in [6, 6.07) is 11.4. The van der Waals surface area contributed by atoms with Crippen molar-refractivity contribution in [2.45, 2.75) is 89.3 Å². The van der Waals surface area contributed by atoms with Gasteiger partial charge in [-0.15, -0.1) is 11.8 Å². The summed E-state index contributed by atoms with van der Waals surface area (Å²) in [5.41, 5.74) is 17.9. The molecule has 0 bridgehead atoms. The van der Waals surface area contributed by atoms with Crippen molar-refractivity contribution < 1.29 is 0 Å². The molecule has 0 unspecified atom stereocenters. The first kappa shape index (κ1) is 25.7. The number of hydrogen-bond donors (Lipinski definition) is 2. The quantitative estimate of drug-likeness (QED) is 0.374. The molecule has 4 N–H and O–H groups in total. The van der Waals surface area contributed by atoms with E-state index in [1.165, 1.54) is 45.7 Å². The molecule has 6 heteroatoms. The number of nitrogen functional groups attached to an aromatic ring is 2. The van der Waals surface area contributed by atoms with Gasteiger partial charge in [-0.3, -0.25) is 0 Å². The molecule has 1 aromatic heterocycles. The molecule has 4 nitrogen and oxygen atoms in total. The summed E-state index contributed by atoms with van der Waals surface area (Å²) in [7, 11) is 0. The van der Waals surface area contributed by atoms with Gasteiger partial charge in [0, 0.05) is 34.1 Å². The first-order chi connectivity index (χ1) is 15.6. The smallest absolute Gasteiger partial charge is 0.181 e. The molecule has 0 amide bonds. The van der Waals surface area contributed by atoms with Gasteiger partial charge in [0.15, 0.2) is 5.13 Å². The third kappa shape index (κ3) is 6.15. The zero-order valence-corrected chi connectivity index (χ0v) is 22.9. The number of thioether (sulfide) groups is 1. The summed E-state index contributed by atoms with van der Waals surface area (Å²) >= 11 is 3.54. The fourth-order valence-electron chi connectivity index (χ4n) is 4.06. The molecule has 0 spiro atoms. The highest BCUT2D eigenvalue weighted by Crippen LogP contribution is 2.42. The second kappa shape index (κ2) is 10.6. The molecule has 3 aromatic rings. The zero-order valence-electron chi connectivity index (χ0n) is 21.2. The van der Waals surface area contributed by atoms with Crippen LogP contribution in [0.2, 0.25) is 0 Å². The van der Waals surface area contributed by atoms with Crippen LogP contribution in [0.15, 0.2) is 35.2 Å². The van der Waals surface area contributed by atoms with Crippen LogP contribution in [-0.4, -0.2) is 22.8 Å². The Bertz CT molecular complexity index is 1080. The van der Waals surface area contributed by atoms with Crippen LogP contribution in [0.1, 0.15) is 71.9 Å². The largest absolute Gasteiger partial charge is 0.399 e. The van der Waals surface area contributed by atoms with Gasteiger partial charge in [-0.05, 0) is 86.9 Å². The van der Waals surface area contributed by atoms with E-state index < -0.39 is 0 Å². The fraction of sp³-hybridized carbons (Fsp3) is 0.519. The van der Waals surface area contributed by atoms with Gasteiger partial charge < -0.3 is 16.4 Å². The van der Waals surface area contributed by atoms with E-state index in [-0.39, 0.29) is 5.41 Å². The van der Waals surface area contributed by atoms with Crippen LogP contribution >= 0.6 is 23.1 Å². The van der Waals surface area contributed by atoms with E-state index in [2.05, 4.69) is 74.8 Å². The number of rotatable bonds is 3. The van der Waals surface area contributed by atoms with E-state index in [0.29, 0.717) is 11.2 Å². The van der Waals surface area contributed by atoms with Crippen LogP contribution in [0.3, 0.4) is 0 Å². The molecule has 2 aromatic carbocycles. The monoisotopic (exact) mass is 484 g/mol. The van der Waals surface area contributed by atoms with Crippen molar-refractivity contribution in [1.29, 1.82) is 0 Å². The van der Waals surface area contributed by atoms with Gasteiger partial charge in [-0.25, -0.2) is 4.98 Å². The maximum absolute atomic E-state index is 6.07. The highest BCUT2D eigenvalue weighted by atomic mass is 32.2. The molecule has 2 aliphatic rings. The zero-order chi connectivity index (χ0) is 24.3. The number of fused-ring (bicyclic) bond motifs is 2. The van der Waals surface area contributed by atoms with E-state index in [0.717, 1.165) is 23.0 Å². The Morgan fingerprint density at radius 3 is 2.45 bits per heavy atom. The van der Waals surface area contributed by atoms with Crippen LogP contribution in [0.5, 0.6) is 0 Å². The van der Waals surface area contributed by atoms with E-state index in [1.54, 1.807) is 11.3 Å². The van der Waals surface area contributed by atoms with Gasteiger partial charge >= 0.3 is 0 Å². The summed E-state index contributed by atoms with van der Waals surface area (Å²) in [6.45, 7) is 16.4. The molecule has 180 valence electrons. The average Bonchev–Trinajstić information content (AvgIpc) is 3.49. The van der Waals surface area contributed by atoms with Crippen LogP contribution in [0.25, 0.3) is 10.2 Å². The van der Waals surface area contributed by atoms with Crippen LogP contribution in [0, 0.1) is 6.92 Å². The van der Waals surface area contributed by atoms with Crippen molar-refractivity contribution in [2.24, 2.45) is 0 Å². The van der Waals surface area contributed by atoms with Gasteiger partial charge in [0.05, 0.1) is 10.2 Å². The van der Waals surface area contributed by atoms with E-state index >= 15 is 0 Å². The molecule has 1 fully saturated rings. The Balaban J connectivity index is 0.000000175. The number of thiazole rings is 1. The lowest BCUT2D eigenvalue weighted by Crippen LogP contribution is -2.41. The van der Waals surface area contributed by atoms with Crippen molar-refractivity contribution in [1.82, 2.24) is 4.98 Å². The Hall–Kier alpha value is -1.92. The topological polar surface area (TPSA) is 68.2 Å². The number of aromatic nitrogens is 1. The molecular weight excluding hydrogens is 444 g/mol. The van der Waals surface area contributed by atoms with E-state index in [1.807, 2.05) is 25.6 Å². The second-order valence-electron chi connectivity index (χ2n) is 9.65. The summed E-state index contributed by atoms with van der Waals surface area (Å²) < 4.78 is 1.20. The molecule has 0 radical (unpaired) electrons. The maximum Gasteiger partial charge on any atom is 0.181 e. The number of anilines is 3. The third-order valence-electron chi connectivity index (χ3n) is 6.23. The molecule has 1 aliphatic carbocycles. The summed E-state index contributed by atoms with van der Waals surface area (Å²) in [5, 5.41) is 1.52. The van der Waals surface area contributed by atoms with Crippen LogP contribution < -0.4 is 16.4 Å². The van der Waals surface area contributed by atoms with Gasteiger partial charge in [0.1, 0.15) is 0 Å². The highest BCUT2D eigenvalue weighted by Gasteiger charge is 2.32.